The van der Waals surface area contributed by atoms with Crippen molar-refractivity contribution in [3.05, 3.63) is 41.8 Å². The molecule has 1 aromatic heterocycles. The van der Waals surface area contributed by atoms with Gasteiger partial charge in [0.15, 0.2) is 0 Å². The van der Waals surface area contributed by atoms with Crippen molar-refractivity contribution in [1.29, 1.82) is 0 Å². The van der Waals surface area contributed by atoms with Crippen LogP contribution in [0.25, 0.3) is 11.5 Å². The van der Waals surface area contributed by atoms with Crippen LogP contribution in [0.1, 0.15) is 32.6 Å². The van der Waals surface area contributed by atoms with Gasteiger partial charge in [0.1, 0.15) is 0 Å². The second kappa shape index (κ2) is 6.34. The van der Waals surface area contributed by atoms with Gasteiger partial charge in [0.05, 0.1) is 0 Å². The number of rotatable bonds is 4. The van der Waals surface area contributed by atoms with E-state index in [1.165, 1.54) is 18.4 Å². The number of aromatic nitrogens is 2. The highest BCUT2D eigenvalue weighted by Gasteiger charge is 2.21. The van der Waals surface area contributed by atoms with Crippen LogP contribution in [0.15, 0.2) is 40.3 Å². The summed E-state index contributed by atoms with van der Waals surface area (Å²) in [5.74, 6) is 2.51. The van der Waals surface area contributed by atoms with Gasteiger partial charge < -0.3 is 9.73 Å². The summed E-state index contributed by atoms with van der Waals surface area (Å²) >= 11 is 0. The van der Waals surface area contributed by atoms with E-state index < -0.39 is 0 Å². The average Bonchev–Trinajstić information content (AvgIpc) is 2.94. The van der Waals surface area contributed by atoms with Crippen LogP contribution in [-0.4, -0.2) is 16.7 Å². The second-order valence-corrected chi connectivity index (χ2v) is 6.20. The lowest BCUT2D eigenvalue weighted by Gasteiger charge is -2.29. The highest BCUT2D eigenvalue weighted by atomic mass is 16.4. The van der Waals surface area contributed by atoms with Crippen LogP contribution in [0.4, 0.5) is 5.69 Å². The number of hydrogen-bond donors (Lipinski definition) is 1. The summed E-state index contributed by atoms with van der Waals surface area (Å²) < 4.78 is 5.49. The first-order chi connectivity index (χ1) is 10.6. The van der Waals surface area contributed by atoms with E-state index >= 15 is 0 Å². The Morgan fingerprint density at radius 3 is 2.86 bits per heavy atom. The first kappa shape index (κ1) is 14.8. The fourth-order valence-electron chi connectivity index (χ4n) is 3.14. The largest absolute Gasteiger partial charge is 0.421 e. The molecule has 1 heterocycles. The Morgan fingerprint density at radius 1 is 1.27 bits per heavy atom. The third-order valence-corrected chi connectivity index (χ3v) is 4.52. The van der Waals surface area contributed by atoms with Crippen LogP contribution >= 0.6 is 0 Å². The minimum Gasteiger partial charge on any atom is -0.421 e. The molecule has 0 amide bonds. The summed E-state index contributed by atoms with van der Waals surface area (Å²) in [7, 11) is 0. The number of anilines is 1. The lowest BCUT2D eigenvalue weighted by Crippen LogP contribution is -2.24. The van der Waals surface area contributed by atoms with Crippen LogP contribution in [0, 0.1) is 18.8 Å². The zero-order valence-corrected chi connectivity index (χ0v) is 13.5. The van der Waals surface area contributed by atoms with Crippen LogP contribution in [0.2, 0.25) is 0 Å². The molecule has 0 radical (unpaired) electrons. The molecule has 116 valence electrons. The normalized spacial score (nSPS) is 21.5. The van der Waals surface area contributed by atoms with Crippen molar-refractivity contribution in [3.63, 3.8) is 0 Å². The molecule has 0 spiro atoms. The van der Waals surface area contributed by atoms with Gasteiger partial charge in [-0.05, 0) is 49.8 Å². The van der Waals surface area contributed by atoms with Crippen molar-refractivity contribution in [2.45, 2.75) is 33.6 Å². The van der Waals surface area contributed by atoms with Gasteiger partial charge in [0, 0.05) is 24.7 Å². The number of nitrogens with one attached hydrogen (secondary N) is 1. The Morgan fingerprint density at radius 2 is 2.14 bits per heavy atom. The highest BCUT2D eigenvalue weighted by Crippen LogP contribution is 2.30. The standard InChI is InChI=1S/C18H23N3O/c1-12-6-4-7-13(2)17(12)11-19-16-9-5-8-15(10-16)18-21-20-14(3)22-18/h5-6,8-10,13,17,19H,4,7,11H2,1-3H3. The van der Waals surface area contributed by atoms with Crippen molar-refractivity contribution in [2.75, 3.05) is 11.9 Å². The SMILES string of the molecule is CC1=CCCC(C)C1CNc1cccc(-c2nnc(C)o2)c1. The van der Waals surface area contributed by atoms with E-state index in [0.717, 1.165) is 23.7 Å². The molecule has 2 atom stereocenters. The quantitative estimate of drug-likeness (QED) is 0.847. The summed E-state index contributed by atoms with van der Waals surface area (Å²) in [6.45, 7) is 7.37. The van der Waals surface area contributed by atoms with E-state index in [1.54, 1.807) is 6.92 Å². The second-order valence-electron chi connectivity index (χ2n) is 6.20. The van der Waals surface area contributed by atoms with Gasteiger partial charge in [0.2, 0.25) is 11.8 Å². The van der Waals surface area contributed by atoms with Gasteiger partial charge in [-0.2, -0.15) is 0 Å². The maximum absolute atomic E-state index is 5.49. The molecule has 1 aliphatic carbocycles. The van der Waals surface area contributed by atoms with E-state index in [9.17, 15) is 0 Å². The molecular formula is C18H23N3O. The molecule has 2 aromatic rings. The zero-order chi connectivity index (χ0) is 15.5. The molecule has 1 aromatic carbocycles. The predicted molar refractivity (Wildman–Crippen MR) is 88.6 cm³/mol. The molecule has 3 rings (SSSR count). The van der Waals surface area contributed by atoms with Gasteiger partial charge in [-0.1, -0.05) is 24.6 Å². The number of benzene rings is 1. The summed E-state index contributed by atoms with van der Waals surface area (Å²) in [6, 6.07) is 8.16. The van der Waals surface area contributed by atoms with Crippen LogP contribution in [0.3, 0.4) is 0 Å². The first-order valence-electron chi connectivity index (χ1n) is 7.94. The smallest absolute Gasteiger partial charge is 0.247 e. The van der Waals surface area contributed by atoms with Crippen molar-refractivity contribution in [3.8, 4) is 11.5 Å². The Labute approximate surface area is 131 Å². The Bertz CT molecular complexity index is 674. The number of allylic oxidation sites excluding steroid dienone is 1. The number of nitrogens with zero attached hydrogens (tertiary/aromatic N) is 2. The average molecular weight is 297 g/mol. The molecule has 4 nitrogen and oxygen atoms in total. The highest BCUT2D eigenvalue weighted by molar-refractivity contribution is 5.61. The van der Waals surface area contributed by atoms with Crippen molar-refractivity contribution in [1.82, 2.24) is 10.2 Å². The molecule has 0 saturated carbocycles. The molecule has 0 fully saturated rings. The molecule has 22 heavy (non-hydrogen) atoms. The van der Waals surface area contributed by atoms with Crippen molar-refractivity contribution < 1.29 is 4.42 Å². The van der Waals surface area contributed by atoms with Gasteiger partial charge in [-0.3, -0.25) is 0 Å². The Balaban J connectivity index is 1.71. The van der Waals surface area contributed by atoms with Crippen LogP contribution in [-0.2, 0) is 0 Å². The Kier molecular flexibility index (Phi) is 4.27. The van der Waals surface area contributed by atoms with Crippen LogP contribution in [0.5, 0.6) is 0 Å². The van der Waals surface area contributed by atoms with E-state index in [2.05, 4.69) is 47.6 Å². The monoisotopic (exact) mass is 297 g/mol. The molecule has 0 saturated heterocycles. The van der Waals surface area contributed by atoms with Crippen LogP contribution < -0.4 is 5.32 Å². The topological polar surface area (TPSA) is 51.0 Å². The lowest BCUT2D eigenvalue weighted by molar-refractivity contribution is 0.381. The zero-order valence-electron chi connectivity index (χ0n) is 13.5. The maximum Gasteiger partial charge on any atom is 0.247 e. The molecule has 0 bridgehead atoms. The molecular weight excluding hydrogens is 274 g/mol. The third-order valence-electron chi connectivity index (χ3n) is 4.52. The minimum absolute atomic E-state index is 0.572. The van der Waals surface area contributed by atoms with Gasteiger partial charge >= 0.3 is 0 Å². The summed E-state index contributed by atoms with van der Waals surface area (Å²) in [5, 5.41) is 11.5. The molecule has 1 aliphatic rings. The summed E-state index contributed by atoms with van der Waals surface area (Å²) in [6.07, 6.45) is 4.88. The third kappa shape index (κ3) is 3.21. The van der Waals surface area contributed by atoms with E-state index in [1.807, 2.05) is 12.1 Å². The summed E-state index contributed by atoms with van der Waals surface area (Å²) in [4.78, 5) is 0. The van der Waals surface area contributed by atoms with E-state index in [4.69, 9.17) is 4.42 Å². The van der Waals surface area contributed by atoms with Gasteiger partial charge in [-0.25, -0.2) is 0 Å². The minimum atomic E-state index is 0.572. The molecule has 2 unspecified atom stereocenters. The number of hydrogen-bond acceptors (Lipinski definition) is 4. The van der Waals surface area contributed by atoms with Gasteiger partial charge in [0.25, 0.3) is 0 Å². The Hall–Kier alpha value is -2.10. The molecule has 1 N–H and O–H groups in total. The van der Waals surface area contributed by atoms with E-state index in [0.29, 0.717) is 17.7 Å². The number of aryl methyl sites for hydroxylation is 1. The van der Waals surface area contributed by atoms with Gasteiger partial charge in [-0.15, -0.1) is 10.2 Å². The summed E-state index contributed by atoms with van der Waals surface area (Å²) in [5.41, 5.74) is 3.56. The van der Waals surface area contributed by atoms with Crippen molar-refractivity contribution in [2.24, 2.45) is 11.8 Å². The van der Waals surface area contributed by atoms with E-state index in [-0.39, 0.29) is 0 Å². The lowest BCUT2D eigenvalue weighted by atomic mass is 9.80. The van der Waals surface area contributed by atoms with Crippen molar-refractivity contribution >= 4 is 5.69 Å². The first-order valence-corrected chi connectivity index (χ1v) is 7.94. The maximum atomic E-state index is 5.49. The fourth-order valence-corrected chi connectivity index (χ4v) is 3.14. The molecule has 0 aliphatic heterocycles. The predicted octanol–water partition coefficient (Wildman–Crippen LogP) is 4.45. The fraction of sp³-hybridized carbons (Fsp3) is 0.444. The molecule has 4 heteroatoms.